The van der Waals surface area contributed by atoms with Crippen LogP contribution in [-0.2, 0) is 0 Å². The zero-order chi connectivity index (χ0) is 16.9. The molecule has 0 saturated carbocycles. The minimum atomic E-state index is -0.00657. The van der Waals surface area contributed by atoms with Gasteiger partial charge in [0.2, 0.25) is 0 Å². The molecule has 0 amide bonds. The van der Waals surface area contributed by atoms with E-state index < -0.39 is 0 Å². The Morgan fingerprint density at radius 2 is 1.83 bits per heavy atom. The van der Waals surface area contributed by atoms with Crippen LogP contribution in [0.25, 0.3) is 5.70 Å². The van der Waals surface area contributed by atoms with Gasteiger partial charge in [0.25, 0.3) is 0 Å². The maximum absolute atomic E-state index is 8.56. The van der Waals surface area contributed by atoms with Crippen LogP contribution < -0.4 is 11.1 Å². The van der Waals surface area contributed by atoms with E-state index >= 15 is 0 Å². The molecule has 0 aromatic heterocycles. The molecule has 0 aliphatic carbocycles. The largest absolute Gasteiger partial charge is 0.362 e. The number of nitrogens with two attached hydrogens (primary N) is 1. The highest BCUT2D eigenvalue weighted by molar-refractivity contribution is 6.07. The molecule has 0 radical (unpaired) electrons. The Balaban J connectivity index is 2.16. The van der Waals surface area contributed by atoms with Gasteiger partial charge in [0.15, 0.2) is 0 Å². The summed E-state index contributed by atoms with van der Waals surface area (Å²) in [6.07, 6.45) is -0.00657. The third-order valence-corrected chi connectivity index (χ3v) is 4.90. The zero-order valence-corrected chi connectivity index (χ0v) is 14.5. The lowest BCUT2D eigenvalue weighted by Crippen LogP contribution is -2.51. The molecule has 3 rings (SSSR count). The van der Waals surface area contributed by atoms with Crippen LogP contribution in [-0.4, -0.2) is 29.3 Å². The average molecular weight is 311 g/mol. The van der Waals surface area contributed by atoms with Crippen LogP contribution in [0.4, 0.5) is 0 Å². The molecule has 2 atom stereocenters. The minimum absolute atomic E-state index is 0.00657. The van der Waals surface area contributed by atoms with Crippen molar-refractivity contribution in [1.82, 2.24) is 10.3 Å². The second-order valence-corrected chi connectivity index (χ2v) is 6.64. The zero-order valence-electron chi connectivity index (χ0n) is 14.5. The molecule has 5 nitrogen and oxygen atoms in total. The fraction of sp³-hybridized carbons (Fsp3) is 0.444. The van der Waals surface area contributed by atoms with Crippen molar-refractivity contribution < 1.29 is 0 Å². The quantitative estimate of drug-likeness (QED) is 0.785. The fourth-order valence-corrected chi connectivity index (χ4v) is 3.63. The first kappa shape index (κ1) is 15.7. The molecule has 2 heterocycles. The number of fused-ring (bicyclic) bond motifs is 1. The number of aryl methyl sites for hydroxylation is 3. The topological polar surface area (TPSA) is 77.5 Å². The van der Waals surface area contributed by atoms with Gasteiger partial charge in [-0.1, -0.05) is 24.6 Å². The maximum atomic E-state index is 8.56. The highest BCUT2D eigenvalue weighted by atomic mass is 15.6. The molecule has 23 heavy (non-hydrogen) atoms. The highest BCUT2D eigenvalue weighted by Crippen LogP contribution is 2.33. The van der Waals surface area contributed by atoms with Crippen LogP contribution in [0.15, 0.2) is 22.8 Å². The number of nitrogens with zero attached hydrogens (tertiary/aromatic N) is 2. The molecule has 0 saturated heterocycles. The van der Waals surface area contributed by atoms with Gasteiger partial charge in [-0.2, -0.15) is 5.10 Å². The summed E-state index contributed by atoms with van der Waals surface area (Å²) in [5, 5.41) is 18.5. The minimum Gasteiger partial charge on any atom is -0.362 e. The van der Waals surface area contributed by atoms with E-state index in [0.717, 1.165) is 22.5 Å². The molecule has 0 fully saturated rings. The maximum Gasteiger partial charge on any atom is 0.150 e. The molecular formula is C18H25N5. The third-order valence-electron chi connectivity index (χ3n) is 4.90. The lowest BCUT2D eigenvalue weighted by Gasteiger charge is -2.37. The summed E-state index contributed by atoms with van der Waals surface area (Å²) in [6, 6.07) is 4.36. The van der Waals surface area contributed by atoms with Crippen molar-refractivity contribution in [1.29, 1.82) is 5.41 Å². The monoisotopic (exact) mass is 311 g/mol. The van der Waals surface area contributed by atoms with E-state index in [4.69, 9.17) is 11.1 Å². The molecule has 2 unspecified atom stereocenters. The van der Waals surface area contributed by atoms with Crippen LogP contribution in [0.5, 0.6) is 0 Å². The molecule has 0 spiro atoms. The van der Waals surface area contributed by atoms with Gasteiger partial charge in [-0.15, -0.1) is 0 Å². The standard InChI is InChI=1S/C18H25N5/c1-9-6-10(2)15(11(3)7-9)16-14(8-19)17(20)23-18(21-16)12(4)13(5)22-23/h6-7,12,18,20-21H,8,19H2,1-5H3. The molecule has 1 aromatic carbocycles. The van der Waals surface area contributed by atoms with E-state index in [9.17, 15) is 0 Å². The van der Waals surface area contributed by atoms with Crippen LogP contribution in [0.3, 0.4) is 0 Å². The number of amidine groups is 1. The number of hydrazone groups is 1. The molecule has 4 N–H and O–H groups in total. The summed E-state index contributed by atoms with van der Waals surface area (Å²) < 4.78 is 0. The predicted molar refractivity (Wildman–Crippen MR) is 95.4 cm³/mol. The normalized spacial score (nSPS) is 23.8. The first-order valence-electron chi connectivity index (χ1n) is 8.06. The van der Waals surface area contributed by atoms with Crippen molar-refractivity contribution in [3.05, 3.63) is 40.0 Å². The van der Waals surface area contributed by atoms with Crippen LogP contribution >= 0.6 is 0 Å². The Morgan fingerprint density at radius 1 is 1.22 bits per heavy atom. The van der Waals surface area contributed by atoms with E-state index in [1.807, 2.05) is 6.92 Å². The lowest BCUT2D eigenvalue weighted by atomic mass is 9.91. The van der Waals surface area contributed by atoms with E-state index in [2.05, 4.69) is 50.2 Å². The van der Waals surface area contributed by atoms with Gasteiger partial charge in [-0.25, -0.2) is 5.01 Å². The molecule has 2 aliphatic heterocycles. The summed E-state index contributed by atoms with van der Waals surface area (Å²) in [5.74, 6) is 0.671. The summed E-state index contributed by atoms with van der Waals surface area (Å²) in [4.78, 5) is 0. The second-order valence-electron chi connectivity index (χ2n) is 6.64. The Kier molecular flexibility index (Phi) is 3.76. The Hall–Kier alpha value is -2.14. The number of hydrogen-bond acceptors (Lipinski definition) is 4. The van der Waals surface area contributed by atoms with Gasteiger partial charge in [-0.3, -0.25) is 5.41 Å². The van der Waals surface area contributed by atoms with Gasteiger partial charge in [0.1, 0.15) is 12.0 Å². The van der Waals surface area contributed by atoms with Gasteiger partial charge < -0.3 is 11.1 Å². The van der Waals surface area contributed by atoms with E-state index in [1.54, 1.807) is 5.01 Å². The van der Waals surface area contributed by atoms with Crippen molar-refractivity contribution >= 4 is 17.2 Å². The molecule has 5 heteroatoms. The Bertz CT molecular complexity index is 721. The van der Waals surface area contributed by atoms with Crippen LogP contribution in [0.1, 0.15) is 36.1 Å². The van der Waals surface area contributed by atoms with Crippen molar-refractivity contribution in [3.63, 3.8) is 0 Å². The van der Waals surface area contributed by atoms with E-state index in [-0.39, 0.29) is 12.1 Å². The Labute approximate surface area is 137 Å². The van der Waals surface area contributed by atoms with Crippen molar-refractivity contribution in [2.75, 3.05) is 6.54 Å². The molecule has 2 aliphatic rings. The smallest absolute Gasteiger partial charge is 0.150 e. The number of benzene rings is 1. The van der Waals surface area contributed by atoms with Crippen LogP contribution in [0, 0.1) is 32.1 Å². The van der Waals surface area contributed by atoms with Crippen molar-refractivity contribution in [3.8, 4) is 0 Å². The summed E-state index contributed by atoms with van der Waals surface area (Å²) in [6.45, 7) is 10.8. The van der Waals surface area contributed by atoms with Gasteiger partial charge >= 0.3 is 0 Å². The SMILES string of the molecule is CC1=NN2C(=N)C(CN)=C(c3c(C)cc(C)cc3C)NC2C1C. The summed E-state index contributed by atoms with van der Waals surface area (Å²) >= 11 is 0. The molecule has 1 aromatic rings. The molecule has 122 valence electrons. The van der Waals surface area contributed by atoms with Crippen molar-refractivity contribution in [2.24, 2.45) is 16.8 Å². The highest BCUT2D eigenvalue weighted by Gasteiger charge is 2.40. The number of rotatable bonds is 2. The van der Waals surface area contributed by atoms with Gasteiger partial charge in [0, 0.05) is 29.3 Å². The predicted octanol–water partition coefficient (Wildman–Crippen LogP) is 2.52. The lowest BCUT2D eigenvalue weighted by molar-refractivity contribution is 0.285. The first-order valence-corrected chi connectivity index (χ1v) is 8.06. The molecular weight excluding hydrogens is 286 g/mol. The average Bonchev–Trinajstić information content (AvgIpc) is 2.75. The summed E-state index contributed by atoms with van der Waals surface area (Å²) in [7, 11) is 0. The Morgan fingerprint density at radius 3 is 2.39 bits per heavy atom. The second kappa shape index (κ2) is 5.49. The van der Waals surface area contributed by atoms with Gasteiger partial charge in [-0.05, 0) is 38.8 Å². The number of nitrogens with one attached hydrogen (secondary N) is 2. The van der Waals surface area contributed by atoms with Gasteiger partial charge in [0.05, 0.1) is 5.70 Å². The van der Waals surface area contributed by atoms with Crippen LogP contribution in [0.2, 0.25) is 0 Å². The van der Waals surface area contributed by atoms with E-state index in [0.29, 0.717) is 12.4 Å². The first-order chi connectivity index (χ1) is 10.8. The third kappa shape index (κ3) is 2.36. The molecule has 0 bridgehead atoms. The van der Waals surface area contributed by atoms with E-state index in [1.165, 1.54) is 16.7 Å². The fourth-order valence-electron chi connectivity index (χ4n) is 3.63. The summed E-state index contributed by atoms with van der Waals surface area (Å²) in [5.41, 5.74) is 13.7. The van der Waals surface area contributed by atoms with Crippen molar-refractivity contribution in [2.45, 2.75) is 40.8 Å². The number of hydrogen-bond donors (Lipinski definition) is 3.